The molecule has 218 valence electrons. The van der Waals surface area contributed by atoms with Crippen LogP contribution in [-0.2, 0) is 11.2 Å². The van der Waals surface area contributed by atoms with Gasteiger partial charge in [0.1, 0.15) is 23.2 Å². The highest BCUT2D eigenvalue weighted by Crippen LogP contribution is 2.35. The molecule has 1 amide bonds. The SMILES string of the molecule is Cc1ccc(-c2ccc(C[C@H](NC(=O)c3c(F)cc(N4CCC(C)(O)CC4)cc3F)C(=O)O)c3cccnc23)c(Cl)c1. The number of aliphatic hydroxyl groups is 1. The number of hydrogen-bond acceptors (Lipinski definition) is 5. The van der Waals surface area contributed by atoms with Crippen molar-refractivity contribution in [2.75, 3.05) is 18.0 Å². The van der Waals surface area contributed by atoms with Gasteiger partial charge in [0.05, 0.1) is 11.1 Å². The van der Waals surface area contributed by atoms with Crippen LogP contribution in [0.1, 0.15) is 41.3 Å². The predicted octanol–water partition coefficient (Wildman–Crippen LogP) is 5.92. The zero-order valence-corrected chi connectivity index (χ0v) is 23.9. The number of anilines is 1. The molecule has 3 aromatic carbocycles. The number of benzene rings is 3. The van der Waals surface area contributed by atoms with Crippen LogP contribution in [0.15, 0.2) is 60.8 Å². The van der Waals surface area contributed by atoms with Gasteiger partial charge in [-0.25, -0.2) is 13.6 Å². The number of halogens is 3. The Morgan fingerprint density at radius 3 is 2.38 bits per heavy atom. The third kappa shape index (κ3) is 6.07. The lowest BCUT2D eigenvalue weighted by Crippen LogP contribution is -2.43. The standard InChI is InChI=1S/C32H30ClF2N3O4/c1-18-5-7-22(24(33)14-18)23-8-6-19(21-4-3-11-36-29(21)23)15-27(31(40)41)37-30(39)28-25(34)16-20(17-26(28)35)38-12-9-32(2,42)10-13-38/h3-8,11,14,16-17,27,42H,9-10,12-13,15H2,1-2H3,(H,37,39)(H,40,41)/t27-/m0/s1. The Labute approximate surface area is 246 Å². The van der Waals surface area contributed by atoms with Crippen LogP contribution in [0.25, 0.3) is 22.0 Å². The van der Waals surface area contributed by atoms with E-state index in [9.17, 15) is 19.8 Å². The van der Waals surface area contributed by atoms with Crippen molar-refractivity contribution in [1.82, 2.24) is 10.3 Å². The van der Waals surface area contributed by atoms with E-state index in [4.69, 9.17) is 11.6 Å². The number of aliphatic carboxylic acids is 1. The quantitative estimate of drug-likeness (QED) is 0.246. The summed E-state index contributed by atoms with van der Waals surface area (Å²) < 4.78 is 30.1. The van der Waals surface area contributed by atoms with E-state index < -0.39 is 40.7 Å². The summed E-state index contributed by atoms with van der Waals surface area (Å²) in [5, 5.41) is 23.6. The number of rotatable bonds is 7. The van der Waals surface area contributed by atoms with E-state index in [1.165, 1.54) is 0 Å². The molecule has 3 N–H and O–H groups in total. The van der Waals surface area contributed by atoms with Crippen molar-refractivity contribution in [1.29, 1.82) is 0 Å². The highest BCUT2D eigenvalue weighted by molar-refractivity contribution is 6.33. The fraction of sp³-hybridized carbons (Fsp3) is 0.281. The number of carboxylic acids is 1. The molecular weight excluding hydrogens is 564 g/mol. The number of fused-ring (bicyclic) bond motifs is 1. The molecule has 10 heteroatoms. The van der Waals surface area contributed by atoms with E-state index in [1.807, 2.05) is 25.1 Å². The molecule has 1 aromatic heterocycles. The first-order valence-corrected chi connectivity index (χ1v) is 13.9. The molecule has 0 aliphatic carbocycles. The summed E-state index contributed by atoms with van der Waals surface area (Å²) in [4.78, 5) is 31.4. The minimum absolute atomic E-state index is 0.153. The zero-order valence-electron chi connectivity index (χ0n) is 23.1. The molecule has 5 rings (SSSR count). The molecule has 42 heavy (non-hydrogen) atoms. The van der Waals surface area contributed by atoms with Gasteiger partial charge in [-0.05, 0) is 62.1 Å². The monoisotopic (exact) mass is 593 g/mol. The average molecular weight is 594 g/mol. The van der Waals surface area contributed by atoms with E-state index in [0.29, 0.717) is 47.4 Å². The van der Waals surface area contributed by atoms with Crippen molar-refractivity contribution in [3.05, 3.63) is 94.1 Å². The van der Waals surface area contributed by atoms with E-state index in [0.717, 1.165) is 28.8 Å². The number of aromatic nitrogens is 1. The Kier molecular flexibility index (Phi) is 8.17. The highest BCUT2D eigenvalue weighted by Gasteiger charge is 2.30. The minimum Gasteiger partial charge on any atom is -0.480 e. The highest BCUT2D eigenvalue weighted by atomic mass is 35.5. The first-order valence-electron chi connectivity index (χ1n) is 13.6. The topological polar surface area (TPSA) is 103 Å². The molecule has 7 nitrogen and oxygen atoms in total. The van der Waals surface area contributed by atoms with Gasteiger partial charge in [0.15, 0.2) is 0 Å². The zero-order chi connectivity index (χ0) is 30.2. The predicted molar refractivity (Wildman–Crippen MR) is 158 cm³/mol. The summed E-state index contributed by atoms with van der Waals surface area (Å²) in [6, 6.07) is 13.4. The van der Waals surface area contributed by atoms with Gasteiger partial charge in [-0.2, -0.15) is 0 Å². The molecule has 1 aliphatic rings. The lowest BCUT2D eigenvalue weighted by Gasteiger charge is -2.37. The maximum atomic E-state index is 15.1. The number of aryl methyl sites for hydroxylation is 1. The van der Waals surface area contributed by atoms with Crippen LogP contribution in [0, 0.1) is 18.6 Å². The molecule has 1 atom stereocenters. The van der Waals surface area contributed by atoms with Gasteiger partial charge in [-0.3, -0.25) is 9.78 Å². The number of hydrogen-bond donors (Lipinski definition) is 3. The maximum absolute atomic E-state index is 15.1. The van der Waals surface area contributed by atoms with Crippen LogP contribution in [0.2, 0.25) is 5.02 Å². The largest absolute Gasteiger partial charge is 0.480 e. The van der Waals surface area contributed by atoms with Crippen molar-refractivity contribution in [2.24, 2.45) is 0 Å². The third-order valence-electron chi connectivity index (χ3n) is 7.76. The van der Waals surface area contributed by atoms with Gasteiger partial charge in [-0.15, -0.1) is 0 Å². The minimum atomic E-state index is -1.47. The molecule has 1 fully saturated rings. The normalized spacial score (nSPS) is 15.4. The Morgan fingerprint density at radius 2 is 1.74 bits per heavy atom. The van der Waals surface area contributed by atoms with Crippen molar-refractivity contribution in [3.63, 3.8) is 0 Å². The Hall–Kier alpha value is -4.08. The molecule has 0 spiro atoms. The fourth-order valence-electron chi connectivity index (χ4n) is 5.32. The van der Waals surface area contributed by atoms with Crippen LogP contribution >= 0.6 is 11.6 Å². The molecule has 1 saturated heterocycles. The number of nitrogens with one attached hydrogen (secondary N) is 1. The molecule has 0 unspecified atom stereocenters. The lowest BCUT2D eigenvalue weighted by molar-refractivity contribution is -0.139. The molecular formula is C32H30ClF2N3O4. The number of carbonyl (C=O) groups is 2. The summed E-state index contributed by atoms with van der Waals surface area (Å²) in [5.41, 5.74) is 2.26. The summed E-state index contributed by atoms with van der Waals surface area (Å²) in [6.07, 6.45) is 2.33. The number of carbonyl (C=O) groups excluding carboxylic acids is 1. The second kappa shape index (κ2) is 11.7. The van der Waals surface area contributed by atoms with Gasteiger partial charge in [0, 0.05) is 52.9 Å². The first-order chi connectivity index (χ1) is 19.9. The molecule has 1 aliphatic heterocycles. The van der Waals surface area contributed by atoms with Gasteiger partial charge in [-0.1, -0.05) is 41.9 Å². The van der Waals surface area contributed by atoms with Crippen LogP contribution < -0.4 is 10.2 Å². The Morgan fingerprint density at radius 1 is 1.07 bits per heavy atom. The van der Waals surface area contributed by atoms with Gasteiger partial charge < -0.3 is 20.4 Å². The van der Waals surface area contributed by atoms with E-state index >= 15 is 8.78 Å². The summed E-state index contributed by atoms with van der Waals surface area (Å²) in [5.74, 6) is -4.73. The number of pyridine rings is 1. The van der Waals surface area contributed by atoms with Crippen LogP contribution in [0.3, 0.4) is 0 Å². The van der Waals surface area contributed by atoms with Crippen molar-refractivity contribution >= 4 is 40.1 Å². The van der Waals surface area contributed by atoms with Gasteiger partial charge in [0.2, 0.25) is 0 Å². The van der Waals surface area contributed by atoms with Crippen molar-refractivity contribution < 1.29 is 28.6 Å². The van der Waals surface area contributed by atoms with Crippen LogP contribution in [-0.4, -0.2) is 51.8 Å². The summed E-state index contributed by atoms with van der Waals surface area (Å²) in [7, 11) is 0. The van der Waals surface area contributed by atoms with E-state index in [2.05, 4.69) is 10.3 Å². The van der Waals surface area contributed by atoms with Crippen molar-refractivity contribution in [3.8, 4) is 11.1 Å². The molecule has 2 heterocycles. The maximum Gasteiger partial charge on any atom is 0.326 e. The smallest absolute Gasteiger partial charge is 0.326 e. The Bertz CT molecular complexity index is 1660. The third-order valence-corrected chi connectivity index (χ3v) is 8.07. The average Bonchev–Trinajstić information content (AvgIpc) is 2.92. The van der Waals surface area contributed by atoms with Gasteiger partial charge >= 0.3 is 5.97 Å². The van der Waals surface area contributed by atoms with Crippen LogP contribution in [0.5, 0.6) is 0 Å². The lowest BCUT2D eigenvalue weighted by atomic mass is 9.93. The number of nitrogens with zero attached hydrogens (tertiary/aromatic N) is 2. The molecule has 4 aromatic rings. The van der Waals surface area contributed by atoms with Gasteiger partial charge in [0.25, 0.3) is 5.91 Å². The second-order valence-electron chi connectivity index (χ2n) is 11.0. The molecule has 0 saturated carbocycles. The van der Waals surface area contributed by atoms with E-state index in [1.54, 1.807) is 42.3 Å². The second-order valence-corrected chi connectivity index (χ2v) is 11.4. The molecule has 0 bridgehead atoms. The van der Waals surface area contributed by atoms with Crippen LogP contribution in [0.4, 0.5) is 14.5 Å². The van der Waals surface area contributed by atoms with Crippen molar-refractivity contribution in [2.45, 2.75) is 44.8 Å². The fourth-order valence-corrected chi connectivity index (χ4v) is 5.66. The van der Waals surface area contributed by atoms with E-state index in [-0.39, 0.29) is 12.1 Å². The Balaban J connectivity index is 1.40. The summed E-state index contributed by atoms with van der Waals surface area (Å²) in [6.45, 7) is 4.44. The first kappa shape index (κ1) is 29.4. The number of carboxylic acid groups (broad SMARTS) is 1. The molecule has 0 radical (unpaired) electrons. The number of amides is 1. The number of piperidine rings is 1. The summed E-state index contributed by atoms with van der Waals surface area (Å²) >= 11 is 6.51.